The number of rotatable bonds is 6. The van der Waals surface area contributed by atoms with E-state index in [2.05, 4.69) is 35.2 Å². The van der Waals surface area contributed by atoms with Crippen LogP contribution in [0.2, 0.25) is 0 Å². The predicted octanol–water partition coefficient (Wildman–Crippen LogP) is 4.64. The molecule has 4 rings (SSSR count). The van der Waals surface area contributed by atoms with Gasteiger partial charge in [0.2, 0.25) is 5.91 Å². The first-order valence-electron chi connectivity index (χ1n) is 10.3. The smallest absolute Gasteiger partial charge is 0.230 e. The van der Waals surface area contributed by atoms with Gasteiger partial charge >= 0.3 is 0 Å². The number of imidazole rings is 1. The van der Waals surface area contributed by atoms with Crippen molar-refractivity contribution in [2.45, 2.75) is 38.4 Å². The molecule has 1 aliphatic heterocycles. The molecule has 158 valence electrons. The Hall–Kier alpha value is -2.67. The van der Waals surface area contributed by atoms with Gasteiger partial charge in [-0.2, -0.15) is 0 Å². The number of benzene rings is 2. The van der Waals surface area contributed by atoms with E-state index in [-0.39, 0.29) is 17.9 Å². The van der Waals surface area contributed by atoms with Gasteiger partial charge in [0.15, 0.2) is 16.7 Å². The van der Waals surface area contributed by atoms with Crippen molar-refractivity contribution in [2.24, 2.45) is 5.92 Å². The molecule has 3 aromatic rings. The van der Waals surface area contributed by atoms with Crippen LogP contribution in [-0.2, 0) is 4.79 Å². The molecule has 7 heteroatoms. The highest BCUT2D eigenvalue weighted by atomic mass is 32.2. The first-order chi connectivity index (χ1) is 14.5. The normalized spacial score (nSPS) is 14.5. The molecule has 2 N–H and O–H groups in total. The van der Waals surface area contributed by atoms with Gasteiger partial charge in [0.25, 0.3) is 0 Å². The first kappa shape index (κ1) is 20.6. The second-order valence-corrected chi connectivity index (χ2v) is 8.86. The lowest BCUT2D eigenvalue weighted by atomic mass is 9.95. The van der Waals surface area contributed by atoms with Crippen molar-refractivity contribution < 1.29 is 14.3 Å². The van der Waals surface area contributed by atoms with Crippen LogP contribution >= 0.6 is 11.8 Å². The summed E-state index contributed by atoms with van der Waals surface area (Å²) in [6, 6.07) is 11.9. The van der Waals surface area contributed by atoms with Crippen LogP contribution in [0.3, 0.4) is 0 Å². The van der Waals surface area contributed by atoms with Gasteiger partial charge in [-0.1, -0.05) is 37.7 Å². The summed E-state index contributed by atoms with van der Waals surface area (Å²) in [6.07, 6.45) is 0.868. The van der Waals surface area contributed by atoms with E-state index >= 15 is 0 Å². The lowest BCUT2D eigenvalue weighted by Crippen LogP contribution is -2.33. The van der Waals surface area contributed by atoms with Gasteiger partial charge in [0.05, 0.1) is 36.0 Å². The van der Waals surface area contributed by atoms with Crippen LogP contribution in [0.25, 0.3) is 11.0 Å². The number of thioether (sulfide) groups is 1. The number of ether oxygens (including phenoxy) is 2. The Morgan fingerprint density at radius 3 is 2.77 bits per heavy atom. The van der Waals surface area contributed by atoms with Crippen LogP contribution in [0.15, 0.2) is 41.6 Å². The van der Waals surface area contributed by atoms with Crippen molar-refractivity contribution in [3.63, 3.8) is 0 Å². The lowest BCUT2D eigenvalue weighted by molar-refractivity contribution is -0.119. The molecule has 0 fully saturated rings. The Labute approximate surface area is 180 Å². The number of H-pyrrole nitrogens is 1. The number of aromatic amines is 1. The van der Waals surface area contributed by atoms with Gasteiger partial charge in [-0.15, -0.1) is 0 Å². The summed E-state index contributed by atoms with van der Waals surface area (Å²) in [7, 11) is 0. The third kappa shape index (κ3) is 4.73. The van der Waals surface area contributed by atoms with E-state index in [9.17, 15) is 4.79 Å². The summed E-state index contributed by atoms with van der Waals surface area (Å²) in [5, 5.41) is 3.92. The molecule has 2 aromatic carbocycles. The maximum atomic E-state index is 12.7. The second-order valence-electron chi connectivity index (χ2n) is 7.90. The molecular weight excluding hydrogens is 398 g/mol. The molecule has 0 saturated heterocycles. The van der Waals surface area contributed by atoms with Gasteiger partial charge in [0.1, 0.15) is 0 Å². The van der Waals surface area contributed by atoms with Crippen LogP contribution in [0.5, 0.6) is 11.5 Å². The fraction of sp³-hybridized carbons (Fsp3) is 0.391. The van der Waals surface area contributed by atoms with Crippen molar-refractivity contribution in [1.29, 1.82) is 0 Å². The van der Waals surface area contributed by atoms with Crippen LogP contribution in [0.4, 0.5) is 0 Å². The topological polar surface area (TPSA) is 76.2 Å². The number of carbonyl (C=O) groups is 1. The molecule has 6 nitrogen and oxygen atoms in total. The molecule has 1 aromatic heterocycles. The van der Waals surface area contributed by atoms with Gasteiger partial charge in [-0.05, 0) is 48.2 Å². The zero-order valence-corrected chi connectivity index (χ0v) is 18.3. The molecule has 0 radical (unpaired) electrons. The Morgan fingerprint density at radius 1 is 1.17 bits per heavy atom. The van der Waals surface area contributed by atoms with Gasteiger partial charge in [-0.25, -0.2) is 4.98 Å². The van der Waals surface area contributed by atoms with E-state index in [0.717, 1.165) is 39.7 Å². The molecule has 1 aliphatic rings. The average molecular weight is 426 g/mol. The summed E-state index contributed by atoms with van der Waals surface area (Å²) in [6.45, 7) is 7.55. The van der Waals surface area contributed by atoms with Gasteiger partial charge in [0, 0.05) is 6.42 Å². The summed E-state index contributed by atoms with van der Waals surface area (Å²) in [5.74, 6) is 2.02. The van der Waals surface area contributed by atoms with Crippen LogP contribution in [0, 0.1) is 12.8 Å². The summed E-state index contributed by atoms with van der Waals surface area (Å²) in [4.78, 5) is 20.5. The van der Waals surface area contributed by atoms with E-state index in [1.54, 1.807) is 0 Å². The van der Waals surface area contributed by atoms with Crippen molar-refractivity contribution in [3.05, 3.63) is 47.5 Å². The van der Waals surface area contributed by atoms with Crippen molar-refractivity contribution in [3.8, 4) is 11.5 Å². The highest BCUT2D eigenvalue weighted by molar-refractivity contribution is 7.99. The molecule has 0 unspecified atom stereocenters. The van der Waals surface area contributed by atoms with E-state index in [4.69, 9.17) is 9.47 Å². The van der Waals surface area contributed by atoms with E-state index in [1.165, 1.54) is 17.3 Å². The minimum Gasteiger partial charge on any atom is -0.490 e. The van der Waals surface area contributed by atoms with E-state index < -0.39 is 0 Å². The Balaban J connectivity index is 1.42. The predicted molar refractivity (Wildman–Crippen MR) is 119 cm³/mol. The lowest BCUT2D eigenvalue weighted by Gasteiger charge is -2.23. The third-order valence-electron chi connectivity index (χ3n) is 5.07. The fourth-order valence-electron chi connectivity index (χ4n) is 3.53. The number of hydrogen-bond donors (Lipinski definition) is 2. The Kier molecular flexibility index (Phi) is 6.18. The Bertz CT molecular complexity index is 1050. The van der Waals surface area contributed by atoms with Crippen molar-refractivity contribution in [1.82, 2.24) is 15.3 Å². The largest absolute Gasteiger partial charge is 0.490 e. The number of aromatic nitrogens is 2. The maximum Gasteiger partial charge on any atom is 0.230 e. The summed E-state index contributed by atoms with van der Waals surface area (Å²) < 4.78 is 11.5. The molecule has 2 heterocycles. The number of amides is 1. The number of nitrogens with one attached hydrogen (secondary N) is 2. The minimum atomic E-state index is -0.103. The zero-order chi connectivity index (χ0) is 21.1. The third-order valence-corrected chi connectivity index (χ3v) is 5.94. The average Bonchev–Trinajstić information content (AvgIpc) is 2.97. The molecular formula is C23H27N3O3S. The number of aryl methyl sites for hydroxylation is 1. The van der Waals surface area contributed by atoms with Crippen LogP contribution in [-0.4, -0.2) is 34.8 Å². The summed E-state index contributed by atoms with van der Waals surface area (Å²) in [5.41, 5.74) is 4.10. The van der Waals surface area contributed by atoms with E-state index in [0.29, 0.717) is 19.0 Å². The molecule has 1 amide bonds. The van der Waals surface area contributed by atoms with Gasteiger partial charge < -0.3 is 19.8 Å². The molecule has 0 aliphatic carbocycles. The molecule has 0 spiro atoms. The maximum absolute atomic E-state index is 12.7. The molecule has 0 bridgehead atoms. The molecule has 1 atom stereocenters. The van der Waals surface area contributed by atoms with E-state index in [1.807, 2.05) is 37.3 Å². The zero-order valence-electron chi connectivity index (χ0n) is 17.5. The summed E-state index contributed by atoms with van der Waals surface area (Å²) >= 11 is 1.41. The van der Waals surface area contributed by atoms with Crippen molar-refractivity contribution >= 4 is 28.7 Å². The SMILES string of the molecule is Cc1ccc2nc(SCC(=O)N[C@@H](c3ccc4c(c3)OCCCO4)C(C)C)[nH]c2c1. The highest BCUT2D eigenvalue weighted by Crippen LogP contribution is 2.34. The van der Waals surface area contributed by atoms with Gasteiger partial charge in [-0.3, -0.25) is 4.79 Å². The quantitative estimate of drug-likeness (QED) is 0.563. The standard InChI is InChI=1S/C23H27N3O3S/c1-14(2)22(16-6-8-19-20(12-16)29-10-4-9-28-19)26-21(27)13-30-23-24-17-7-5-15(3)11-18(17)25-23/h5-8,11-12,14,22H,4,9-10,13H2,1-3H3,(H,24,25)(H,26,27)/t22-/m1/s1. The number of fused-ring (bicyclic) bond motifs is 2. The van der Waals surface area contributed by atoms with Crippen molar-refractivity contribution in [2.75, 3.05) is 19.0 Å². The highest BCUT2D eigenvalue weighted by Gasteiger charge is 2.21. The number of carbonyl (C=O) groups excluding carboxylic acids is 1. The Morgan fingerprint density at radius 2 is 1.97 bits per heavy atom. The second kappa shape index (κ2) is 9.00. The first-order valence-corrected chi connectivity index (χ1v) is 11.3. The van der Waals surface area contributed by atoms with Crippen LogP contribution in [0.1, 0.15) is 37.4 Å². The monoisotopic (exact) mass is 425 g/mol. The molecule has 0 saturated carbocycles. The molecule has 30 heavy (non-hydrogen) atoms. The minimum absolute atomic E-state index is 0.0255. The fourth-order valence-corrected chi connectivity index (χ4v) is 4.22. The van der Waals surface area contributed by atoms with Crippen LogP contribution < -0.4 is 14.8 Å². The number of nitrogens with zero attached hydrogens (tertiary/aromatic N) is 1. The number of hydrogen-bond acceptors (Lipinski definition) is 5.